The van der Waals surface area contributed by atoms with Crippen molar-refractivity contribution in [1.82, 2.24) is 19.6 Å². The van der Waals surface area contributed by atoms with Gasteiger partial charge in [0.25, 0.3) is 0 Å². The lowest BCUT2D eigenvalue weighted by molar-refractivity contribution is 0.147. The monoisotopic (exact) mass is 404 g/mol. The third kappa shape index (κ3) is 4.67. The summed E-state index contributed by atoms with van der Waals surface area (Å²) in [5.41, 5.74) is 1.87. The number of hydrogen-bond donors (Lipinski definition) is 2. The summed E-state index contributed by atoms with van der Waals surface area (Å²) in [6, 6.07) is 5.92. The molecule has 0 atom stereocenters. The van der Waals surface area contributed by atoms with Crippen molar-refractivity contribution >= 4 is 33.2 Å². The third-order valence-corrected chi connectivity index (χ3v) is 4.16. The number of nitrogens with zero attached hydrogens (tertiary/aromatic N) is 4. The van der Waals surface area contributed by atoms with E-state index in [9.17, 15) is 0 Å². The predicted molar refractivity (Wildman–Crippen MR) is 102 cm³/mol. The minimum atomic E-state index is 0.661. The molecule has 0 unspecified atom stereocenters. The van der Waals surface area contributed by atoms with Gasteiger partial charge in [0, 0.05) is 44.8 Å². The number of nitrogens with one attached hydrogen (secondary N) is 2. The van der Waals surface area contributed by atoms with Crippen LogP contribution in [0.4, 0.5) is 11.6 Å². The van der Waals surface area contributed by atoms with Gasteiger partial charge in [0.2, 0.25) is 0 Å². The van der Waals surface area contributed by atoms with Crippen molar-refractivity contribution in [2.45, 2.75) is 19.9 Å². The first-order valence-electron chi connectivity index (χ1n) is 8.26. The molecule has 3 aromatic rings. The Labute approximate surface area is 155 Å². The van der Waals surface area contributed by atoms with E-state index in [1.165, 1.54) is 0 Å². The lowest BCUT2D eigenvalue weighted by atomic mass is 10.3. The Morgan fingerprint density at radius 1 is 1.28 bits per heavy atom. The van der Waals surface area contributed by atoms with Crippen LogP contribution >= 0.6 is 15.9 Å². The van der Waals surface area contributed by atoms with Crippen molar-refractivity contribution in [3.05, 3.63) is 46.8 Å². The van der Waals surface area contributed by atoms with Crippen LogP contribution in [0.5, 0.6) is 0 Å². The van der Waals surface area contributed by atoms with Crippen LogP contribution in [0, 0.1) is 0 Å². The molecule has 0 fully saturated rings. The van der Waals surface area contributed by atoms with Gasteiger partial charge < -0.3 is 15.4 Å². The van der Waals surface area contributed by atoms with Crippen molar-refractivity contribution in [3.63, 3.8) is 0 Å². The van der Waals surface area contributed by atoms with E-state index >= 15 is 0 Å². The second-order valence-corrected chi connectivity index (χ2v) is 6.30. The van der Waals surface area contributed by atoms with Gasteiger partial charge in [-0.2, -0.15) is 9.61 Å². The molecular weight excluding hydrogens is 384 g/mol. The molecule has 3 aromatic heterocycles. The minimum absolute atomic E-state index is 0.661. The molecular formula is C17H21BrN6O. The van der Waals surface area contributed by atoms with Gasteiger partial charge in [0.15, 0.2) is 5.65 Å². The second kappa shape index (κ2) is 8.77. The zero-order chi connectivity index (χ0) is 17.5. The highest BCUT2D eigenvalue weighted by molar-refractivity contribution is 9.10. The highest BCUT2D eigenvalue weighted by atomic mass is 79.9. The first-order valence-corrected chi connectivity index (χ1v) is 9.06. The van der Waals surface area contributed by atoms with Crippen molar-refractivity contribution in [3.8, 4) is 0 Å². The van der Waals surface area contributed by atoms with Gasteiger partial charge in [-0.15, -0.1) is 0 Å². The molecule has 3 rings (SSSR count). The number of pyridine rings is 1. The van der Waals surface area contributed by atoms with Gasteiger partial charge >= 0.3 is 0 Å². The summed E-state index contributed by atoms with van der Waals surface area (Å²) < 4.78 is 8.00. The highest BCUT2D eigenvalue weighted by Gasteiger charge is 2.10. The number of rotatable bonds is 9. The fourth-order valence-electron chi connectivity index (χ4n) is 2.38. The molecule has 0 amide bonds. The Morgan fingerprint density at radius 2 is 2.20 bits per heavy atom. The summed E-state index contributed by atoms with van der Waals surface area (Å²) >= 11 is 3.50. The largest absolute Gasteiger partial charge is 0.382 e. The Balaban J connectivity index is 1.73. The summed E-state index contributed by atoms with van der Waals surface area (Å²) in [6.07, 6.45) is 6.29. The van der Waals surface area contributed by atoms with Gasteiger partial charge in [0.05, 0.1) is 10.7 Å². The molecule has 0 radical (unpaired) electrons. The molecule has 0 saturated carbocycles. The lowest BCUT2D eigenvalue weighted by Gasteiger charge is -2.12. The van der Waals surface area contributed by atoms with Crippen LogP contribution in [0.2, 0.25) is 0 Å². The zero-order valence-electron chi connectivity index (χ0n) is 14.1. The predicted octanol–water partition coefficient (Wildman–Crippen LogP) is 3.34. The molecule has 0 spiro atoms. The van der Waals surface area contributed by atoms with E-state index in [0.29, 0.717) is 6.54 Å². The Hall–Kier alpha value is -2.19. The molecule has 7 nitrogen and oxygen atoms in total. The third-order valence-electron chi connectivity index (χ3n) is 3.60. The maximum absolute atomic E-state index is 5.36. The maximum atomic E-state index is 5.36. The van der Waals surface area contributed by atoms with E-state index in [-0.39, 0.29) is 0 Å². The first kappa shape index (κ1) is 17.6. The van der Waals surface area contributed by atoms with Crippen LogP contribution in [0.3, 0.4) is 0 Å². The van der Waals surface area contributed by atoms with Crippen molar-refractivity contribution in [2.75, 3.05) is 30.4 Å². The van der Waals surface area contributed by atoms with Crippen molar-refractivity contribution in [2.24, 2.45) is 0 Å². The average molecular weight is 405 g/mol. The quantitative estimate of drug-likeness (QED) is 0.532. The molecule has 0 aromatic carbocycles. The number of ether oxygens (including phenoxy) is 1. The fraction of sp³-hybridized carbons (Fsp3) is 0.353. The van der Waals surface area contributed by atoms with Crippen LogP contribution in [-0.2, 0) is 11.3 Å². The van der Waals surface area contributed by atoms with Gasteiger partial charge in [-0.05, 0) is 40.9 Å². The molecule has 0 aliphatic heterocycles. The van der Waals surface area contributed by atoms with Gasteiger partial charge in [-0.25, -0.2) is 4.98 Å². The van der Waals surface area contributed by atoms with Crippen LogP contribution in [0.15, 0.2) is 41.3 Å². The number of aromatic nitrogens is 4. The van der Waals surface area contributed by atoms with E-state index in [1.54, 1.807) is 16.9 Å². The van der Waals surface area contributed by atoms with E-state index in [0.717, 1.165) is 53.5 Å². The molecule has 8 heteroatoms. The van der Waals surface area contributed by atoms with E-state index in [1.807, 2.05) is 31.3 Å². The van der Waals surface area contributed by atoms with E-state index in [4.69, 9.17) is 4.74 Å². The highest BCUT2D eigenvalue weighted by Crippen LogP contribution is 2.22. The summed E-state index contributed by atoms with van der Waals surface area (Å²) in [6.45, 7) is 4.95. The fourth-order valence-corrected chi connectivity index (χ4v) is 2.73. The van der Waals surface area contributed by atoms with Gasteiger partial charge in [-0.3, -0.25) is 4.98 Å². The van der Waals surface area contributed by atoms with Crippen LogP contribution in [-0.4, -0.2) is 39.3 Å². The number of hydrogen-bond acceptors (Lipinski definition) is 6. The Kier molecular flexibility index (Phi) is 6.19. The smallest absolute Gasteiger partial charge is 0.173 e. The summed E-state index contributed by atoms with van der Waals surface area (Å²) in [5, 5.41) is 11.1. The molecule has 25 heavy (non-hydrogen) atoms. The zero-order valence-corrected chi connectivity index (χ0v) is 15.7. The van der Waals surface area contributed by atoms with Gasteiger partial charge in [-0.1, -0.05) is 6.07 Å². The van der Waals surface area contributed by atoms with Crippen molar-refractivity contribution < 1.29 is 4.74 Å². The second-order valence-electron chi connectivity index (χ2n) is 5.45. The molecule has 2 N–H and O–H groups in total. The average Bonchev–Trinajstić information content (AvgIpc) is 3.02. The summed E-state index contributed by atoms with van der Waals surface area (Å²) in [5.74, 6) is 1.67. The minimum Gasteiger partial charge on any atom is -0.382 e. The number of fused-ring (bicyclic) bond motifs is 1. The molecule has 0 aliphatic carbocycles. The SMILES string of the molecule is CCOCCCNc1cc(NCc2cccnc2)n2ncc(Br)c2n1. The van der Waals surface area contributed by atoms with E-state index in [2.05, 4.69) is 41.6 Å². The Bertz CT molecular complexity index is 808. The molecule has 3 heterocycles. The van der Waals surface area contributed by atoms with Crippen LogP contribution in [0.1, 0.15) is 18.9 Å². The first-order chi connectivity index (χ1) is 12.3. The van der Waals surface area contributed by atoms with Crippen LogP contribution in [0.25, 0.3) is 5.65 Å². The number of halogens is 1. The maximum Gasteiger partial charge on any atom is 0.173 e. The molecule has 0 aliphatic rings. The summed E-state index contributed by atoms with van der Waals surface area (Å²) in [4.78, 5) is 8.76. The Morgan fingerprint density at radius 3 is 3.00 bits per heavy atom. The normalized spacial score (nSPS) is 11.0. The topological polar surface area (TPSA) is 76.4 Å². The molecule has 0 saturated heterocycles. The van der Waals surface area contributed by atoms with Crippen molar-refractivity contribution in [1.29, 1.82) is 0 Å². The van der Waals surface area contributed by atoms with Crippen LogP contribution < -0.4 is 10.6 Å². The molecule has 132 valence electrons. The van der Waals surface area contributed by atoms with E-state index < -0.39 is 0 Å². The van der Waals surface area contributed by atoms with Gasteiger partial charge in [0.1, 0.15) is 11.6 Å². The standard InChI is InChI=1S/C17H21BrN6O/c1-2-25-8-4-7-20-15-9-16(21-11-13-5-3-6-19-10-13)24-17(23-15)14(18)12-22-24/h3,5-6,9-10,12,21H,2,4,7-8,11H2,1H3,(H,20,23). The lowest BCUT2D eigenvalue weighted by Crippen LogP contribution is -2.10. The number of anilines is 2. The summed E-state index contributed by atoms with van der Waals surface area (Å²) in [7, 11) is 0. The molecule has 0 bridgehead atoms.